The lowest BCUT2D eigenvalue weighted by Gasteiger charge is -2.28. The minimum Gasteiger partial charge on any atom is -0.337 e. The number of likely N-dealkylation sites (tertiary alicyclic amines) is 1. The number of amides is 1. The molecule has 3 unspecified atom stereocenters. The van der Waals surface area contributed by atoms with E-state index in [-0.39, 0.29) is 11.9 Å². The molecule has 0 aromatic heterocycles. The Morgan fingerprint density at radius 1 is 1.57 bits per heavy atom. The van der Waals surface area contributed by atoms with Gasteiger partial charge in [-0.3, -0.25) is 4.79 Å². The zero-order valence-corrected chi connectivity index (χ0v) is 9.49. The van der Waals surface area contributed by atoms with Crippen LogP contribution in [0.15, 0.2) is 0 Å². The Labute approximate surface area is 86.6 Å². The molecule has 3 nitrogen and oxygen atoms in total. The van der Waals surface area contributed by atoms with E-state index in [0.717, 1.165) is 19.3 Å². The van der Waals surface area contributed by atoms with Gasteiger partial charge in [-0.1, -0.05) is 6.92 Å². The van der Waals surface area contributed by atoms with Gasteiger partial charge in [0.05, 0.1) is 0 Å². The van der Waals surface area contributed by atoms with E-state index in [9.17, 15) is 4.79 Å². The zero-order chi connectivity index (χ0) is 10.7. The first-order valence-corrected chi connectivity index (χ1v) is 5.63. The van der Waals surface area contributed by atoms with Gasteiger partial charge in [0.2, 0.25) is 5.91 Å². The molecule has 1 saturated heterocycles. The summed E-state index contributed by atoms with van der Waals surface area (Å²) in [7, 11) is 0. The Hall–Kier alpha value is -0.570. The molecule has 0 aromatic carbocycles. The Morgan fingerprint density at radius 2 is 2.21 bits per heavy atom. The Kier molecular flexibility index (Phi) is 3.93. The van der Waals surface area contributed by atoms with E-state index in [1.165, 1.54) is 0 Å². The van der Waals surface area contributed by atoms with Crippen LogP contribution in [0.3, 0.4) is 0 Å². The lowest BCUT2D eigenvalue weighted by molar-refractivity contribution is -0.134. The molecule has 0 aromatic rings. The van der Waals surface area contributed by atoms with Crippen molar-refractivity contribution in [2.45, 2.75) is 64.6 Å². The normalized spacial score (nSPS) is 29.3. The molecule has 0 aliphatic carbocycles. The van der Waals surface area contributed by atoms with Gasteiger partial charge < -0.3 is 10.6 Å². The summed E-state index contributed by atoms with van der Waals surface area (Å²) >= 11 is 0. The summed E-state index contributed by atoms with van der Waals surface area (Å²) in [5, 5.41) is 0. The van der Waals surface area contributed by atoms with Gasteiger partial charge in [0.15, 0.2) is 0 Å². The molecule has 1 fully saturated rings. The molecule has 1 amide bonds. The highest BCUT2D eigenvalue weighted by molar-refractivity contribution is 5.77. The van der Waals surface area contributed by atoms with Crippen molar-refractivity contribution in [2.75, 3.05) is 0 Å². The first-order valence-electron chi connectivity index (χ1n) is 5.63. The average molecular weight is 198 g/mol. The van der Waals surface area contributed by atoms with Crippen LogP contribution in [0.1, 0.15) is 46.5 Å². The molecule has 2 N–H and O–H groups in total. The second kappa shape index (κ2) is 4.78. The van der Waals surface area contributed by atoms with Crippen molar-refractivity contribution in [3.05, 3.63) is 0 Å². The number of hydrogen-bond acceptors (Lipinski definition) is 2. The van der Waals surface area contributed by atoms with Gasteiger partial charge in [-0.25, -0.2) is 0 Å². The molecule has 0 radical (unpaired) electrons. The van der Waals surface area contributed by atoms with Crippen molar-refractivity contribution in [1.82, 2.24) is 4.90 Å². The van der Waals surface area contributed by atoms with Gasteiger partial charge in [0.1, 0.15) is 0 Å². The predicted octanol–water partition coefficient (Wildman–Crippen LogP) is 1.51. The maximum absolute atomic E-state index is 11.9. The van der Waals surface area contributed by atoms with Crippen molar-refractivity contribution in [3.8, 4) is 0 Å². The smallest absolute Gasteiger partial charge is 0.224 e. The van der Waals surface area contributed by atoms with E-state index in [1.54, 1.807) is 0 Å². The van der Waals surface area contributed by atoms with Gasteiger partial charge >= 0.3 is 0 Å². The molecule has 3 atom stereocenters. The van der Waals surface area contributed by atoms with Crippen LogP contribution < -0.4 is 5.73 Å². The van der Waals surface area contributed by atoms with Gasteiger partial charge in [-0.2, -0.15) is 0 Å². The van der Waals surface area contributed by atoms with E-state index in [4.69, 9.17) is 5.73 Å². The molecule has 14 heavy (non-hydrogen) atoms. The summed E-state index contributed by atoms with van der Waals surface area (Å²) < 4.78 is 0. The highest BCUT2D eigenvalue weighted by atomic mass is 16.2. The highest BCUT2D eigenvalue weighted by Crippen LogP contribution is 2.26. The fraction of sp³-hybridized carbons (Fsp3) is 0.909. The van der Waals surface area contributed by atoms with E-state index in [2.05, 4.69) is 13.8 Å². The summed E-state index contributed by atoms with van der Waals surface area (Å²) in [6, 6.07) is 0.843. The molecular weight excluding hydrogens is 176 g/mol. The SMILES string of the molecule is CCC1CCC(C)N1C(=O)CC(C)N. The standard InChI is InChI=1S/C11H22N2O/c1-4-10-6-5-9(3)13(10)11(14)7-8(2)12/h8-10H,4-7,12H2,1-3H3. The average Bonchev–Trinajstić information content (AvgIpc) is 2.45. The van der Waals surface area contributed by atoms with Crippen molar-refractivity contribution in [3.63, 3.8) is 0 Å². The van der Waals surface area contributed by atoms with Crippen LogP contribution in [0.25, 0.3) is 0 Å². The second-order valence-corrected chi connectivity index (χ2v) is 4.47. The molecule has 1 heterocycles. The van der Waals surface area contributed by atoms with Crippen molar-refractivity contribution < 1.29 is 4.79 Å². The fourth-order valence-corrected chi connectivity index (χ4v) is 2.30. The van der Waals surface area contributed by atoms with Crippen LogP contribution in [-0.2, 0) is 4.79 Å². The zero-order valence-electron chi connectivity index (χ0n) is 9.49. The quantitative estimate of drug-likeness (QED) is 0.747. The lowest BCUT2D eigenvalue weighted by Crippen LogP contribution is -2.41. The largest absolute Gasteiger partial charge is 0.337 e. The summed E-state index contributed by atoms with van der Waals surface area (Å²) in [5.74, 6) is 0.233. The lowest BCUT2D eigenvalue weighted by atomic mass is 10.1. The number of rotatable bonds is 3. The number of carbonyl (C=O) groups excluding carboxylic acids is 1. The third-order valence-electron chi connectivity index (χ3n) is 3.04. The molecule has 1 aliphatic heterocycles. The Bertz CT molecular complexity index is 203. The van der Waals surface area contributed by atoms with Crippen LogP contribution in [0.5, 0.6) is 0 Å². The van der Waals surface area contributed by atoms with Gasteiger partial charge in [0, 0.05) is 24.5 Å². The van der Waals surface area contributed by atoms with E-state index in [0.29, 0.717) is 18.5 Å². The second-order valence-electron chi connectivity index (χ2n) is 4.47. The van der Waals surface area contributed by atoms with Crippen LogP contribution in [0.4, 0.5) is 0 Å². The molecule has 0 saturated carbocycles. The maximum Gasteiger partial charge on any atom is 0.224 e. The van der Waals surface area contributed by atoms with Crippen LogP contribution in [0, 0.1) is 0 Å². The number of nitrogens with two attached hydrogens (primary N) is 1. The van der Waals surface area contributed by atoms with Crippen molar-refractivity contribution in [1.29, 1.82) is 0 Å². The fourth-order valence-electron chi connectivity index (χ4n) is 2.30. The molecule has 0 bridgehead atoms. The van der Waals surface area contributed by atoms with Crippen molar-refractivity contribution >= 4 is 5.91 Å². The first kappa shape index (κ1) is 11.5. The molecule has 0 spiro atoms. The highest BCUT2D eigenvalue weighted by Gasteiger charge is 2.32. The van der Waals surface area contributed by atoms with Gasteiger partial charge in [-0.15, -0.1) is 0 Å². The minimum atomic E-state index is -0.0205. The summed E-state index contributed by atoms with van der Waals surface area (Å²) in [5.41, 5.74) is 5.65. The monoisotopic (exact) mass is 198 g/mol. The van der Waals surface area contributed by atoms with E-state index >= 15 is 0 Å². The number of hydrogen-bond donors (Lipinski definition) is 1. The van der Waals surface area contributed by atoms with Crippen molar-refractivity contribution in [2.24, 2.45) is 5.73 Å². The molecule has 1 aliphatic rings. The molecule has 1 rings (SSSR count). The van der Waals surface area contributed by atoms with Gasteiger partial charge in [-0.05, 0) is 33.1 Å². The third-order valence-corrected chi connectivity index (χ3v) is 3.04. The molecule has 3 heteroatoms. The van der Waals surface area contributed by atoms with E-state index in [1.807, 2.05) is 11.8 Å². The number of nitrogens with zero attached hydrogens (tertiary/aromatic N) is 1. The minimum absolute atomic E-state index is 0.0205. The first-order chi connectivity index (χ1) is 6.56. The summed E-state index contributed by atoms with van der Waals surface area (Å²) in [6.07, 6.45) is 3.85. The van der Waals surface area contributed by atoms with Crippen LogP contribution in [0.2, 0.25) is 0 Å². The topological polar surface area (TPSA) is 46.3 Å². The van der Waals surface area contributed by atoms with Gasteiger partial charge in [0.25, 0.3) is 0 Å². The predicted molar refractivity (Wildman–Crippen MR) is 57.9 cm³/mol. The molecular formula is C11H22N2O. The molecule has 82 valence electrons. The maximum atomic E-state index is 11.9. The summed E-state index contributed by atoms with van der Waals surface area (Å²) in [6.45, 7) is 6.17. The Balaban J connectivity index is 2.59. The Morgan fingerprint density at radius 3 is 2.71 bits per heavy atom. The van der Waals surface area contributed by atoms with Crippen LogP contribution >= 0.6 is 0 Å². The summed E-state index contributed by atoms with van der Waals surface area (Å²) in [4.78, 5) is 13.9. The number of carbonyl (C=O) groups is 1. The third kappa shape index (κ3) is 2.47. The van der Waals surface area contributed by atoms with E-state index < -0.39 is 0 Å². The van der Waals surface area contributed by atoms with Crippen LogP contribution in [-0.4, -0.2) is 28.9 Å².